The van der Waals surface area contributed by atoms with Crippen molar-refractivity contribution in [2.75, 3.05) is 35.4 Å². The lowest BCUT2D eigenvalue weighted by atomic mass is 9.76. The fraction of sp³-hybridized carbons (Fsp3) is 0.579. The van der Waals surface area contributed by atoms with E-state index in [-0.39, 0.29) is 18.1 Å². The molecule has 0 unspecified atom stereocenters. The summed E-state index contributed by atoms with van der Waals surface area (Å²) in [6.07, 6.45) is 9.68. The molecule has 1 N–H and O–H groups in total. The van der Waals surface area contributed by atoms with Crippen molar-refractivity contribution in [3.63, 3.8) is 0 Å². The Kier molecular flexibility index (Phi) is 4.92. The van der Waals surface area contributed by atoms with Crippen LogP contribution in [0.1, 0.15) is 43.8 Å². The first-order valence-corrected chi connectivity index (χ1v) is 11.7. The summed E-state index contributed by atoms with van der Waals surface area (Å²) in [5, 5.41) is 10.5. The fourth-order valence-corrected chi connectivity index (χ4v) is 5.84. The summed E-state index contributed by atoms with van der Waals surface area (Å²) in [7, 11) is -1.14. The van der Waals surface area contributed by atoms with E-state index >= 15 is 0 Å². The van der Waals surface area contributed by atoms with Crippen LogP contribution in [0, 0.1) is 0 Å². The lowest BCUT2D eigenvalue weighted by Crippen LogP contribution is -2.56. The second-order valence-corrected chi connectivity index (χ2v) is 9.84. The zero-order valence-corrected chi connectivity index (χ0v) is 17.6. The van der Waals surface area contributed by atoms with Gasteiger partial charge in [-0.05, 0) is 32.1 Å². The van der Waals surface area contributed by atoms with Crippen molar-refractivity contribution in [3.8, 4) is 0 Å². The molecule has 2 aromatic rings. The van der Waals surface area contributed by atoms with E-state index in [2.05, 4.69) is 24.8 Å². The quantitative estimate of drug-likeness (QED) is 0.781. The molecule has 3 aliphatic rings. The molecule has 2 aliphatic heterocycles. The highest BCUT2D eigenvalue weighted by Gasteiger charge is 2.47. The maximum atomic E-state index is 12.6. The van der Waals surface area contributed by atoms with E-state index < -0.39 is 10.8 Å². The Balaban J connectivity index is 1.34. The molecule has 10 heteroatoms. The van der Waals surface area contributed by atoms with E-state index in [9.17, 15) is 9.32 Å². The third-order valence-electron chi connectivity index (χ3n) is 6.40. The number of piperidine rings is 1. The highest BCUT2D eigenvalue weighted by molar-refractivity contribution is 7.85. The van der Waals surface area contributed by atoms with Crippen LogP contribution < -0.4 is 9.80 Å². The largest absolute Gasteiger partial charge is 0.394 e. The van der Waals surface area contributed by atoms with Gasteiger partial charge >= 0.3 is 0 Å². The number of rotatable bonds is 4. The van der Waals surface area contributed by atoms with Crippen molar-refractivity contribution in [1.29, 1.82) is 0 Å². The zero-order chi connectivity index (χ0) is 20.0. The Morgan fingerprint density at radius 1 is 1.17 bits per heavy atom. The number of aliphatic hydroxyl groups excluding tert-OH is 1. The molecule has 2 fully saturated rings. The number of hydrogen-bond donors (Lipinski definition) is 1. The van der Waals surface area contributed by atoms with Gasteiger partial charge in [0.1, 0.15) is 22.4 Å². The molecule has 0 amide bonds. The third-order valence-corrected chi connectivity index (χ3v) is 7.87. The number of hydrogen-bond acceptors (Lipinski definition) is 8. The van der Waals surface area contributed by atoms with Crippen LogP contribution in [-0.4, -0.2) is 60.4 Å². The Labute approximate surface area is 176 Å². The van der Waals surface area contributed by atoms with Gasteiger partial charge in [-0.2, -0.15) is 0 Å². The van der Waals surface area contributed by atoms with Gasteiger partial charge in [0.05, 0.1) is 40.4 Å². The van der Waals surface area contributed by atoms with Gasteiger partial charge in [-0.25, -0.2) is 19.9 Å². The second-order valence-electron chi connectivity index (χ2n) is 8.02. The normalized spacial score (nSPS) is 23.7. The molecule has 0 bridgehead atoms. The average Bonchev–Trinajstić information content (AvgIpc) is 3.05. The minimum absolute atomic E-state index is 0.0719. The van der Waals surface area contributed by atoms with E-state index in [0.717, 1.165) is 56.8 Å². The Hall–Kier alpha value is -1.84. The molecule has 0 spiro atoms. The molecule has 0 radical (unpaired) electrons. The van der Waals surface area contributed by atoms with Crippen molar-refractivity contribution in [2.24, 2.45) is 0 Å². The molecule has 1 saturated heterocycles. The Morgan fingerprint density at radius 2 is 1.90 bits per heavy atom. The molecule has 0 aromatic carbocycles. The van der Waals surface area contributed by atoms with Crippen LogP contribution >= 0.6 is 11.6 Å². The summed E-state index contributed by atoms with van der Waals surface area (Å²) < 4.78 is 12.6. The molecular weight excluding hydrogens is 412 g/mol. The standard InChI is InChI=1S/C19H23ClN6O2S/c20-14-8-22-18(23-9-14)25-6-2-13(3-7-25)16-21-10-15-17(24-16)26(12-29(15)28)19(11-27)4-1-5-19/h8-10,13,27H,1-7,11-12H2/t29-/m0/s1. The molecule has 2 aromatic heterocycles. The van der Waals surface area contributed by atoms with Gasteiger partial charge in [0.2, 0.25) is 5.95 Å². The van der Waals surface area contributed by atoms with Crippen LogP contribution in [0.3, 0.4) is 0 Å². The maximum Gasteiger partial charge on any atom is 0.225 e. The van der Waals surface area contributed by atoms with Crippen LogP contribution in [0.25, 0.3) is 0 Å². The number of fused-ring (bicyclic) bond motifs is 1. The summed E-state index contributed by atoms with van der Waals surface area (Å²) in [5.74, 6) is 2.90. The summed E-state index contributed by atoms with van der Waals surface area (Å²) in [4.78, 5) is 22.9. The molecule has 8 nitrogen and oxygen atoms in total. The van der Waals surface area contributed by atoms with Crippen LogP contribution in [0.5, 0.6) is 0 Å². The highest BCUT2D eigenvalue weighted by Crippen LogP contribution is 2.44. The number of aromatic nitrogens is 4. The number of aliphatic hydroxyl groups is 1. The van der Waals surface area contributed by atoms with Crippen LogP contribution in [0.15, 0.2) is 23.5 Å². The Morgan fingerprint density at radius 3 is 2.52 bits per heavy atom. The van der Waals surface area contributed by atoms with E-state index in [1.807, 2.05) is 0 Å². The SMILES string of the molecule is O=[S@]1CN(C2(CO)CCC2)c2nc(C3CCN(c4ncc(Cl)cn4)CC3)ncc21. The maximum absolute atomic E-state index is 12.6. The van der Waals surface area contributed by atoms with Crippen LogP contribution in [-0.2, 0) is 10.8 Å². The number of halogens is 1. The molecule has 1 aliphatic carbocycles. The molecular formula is C19H23ClN6O2S. The van der Waals surface area contributed by atoms with E-state index in [0.29, 0.717) is 21.7 Å². The van der Waals surface area contributed by atoms with Crippen LogP contribution in [0.2, 0.25) is 5.02 Å². The topological polar surface area (TPSA) is 95.3 Å². The molecule has 5 rings (SSSR count). The summed E-state index contributed by atoms with van der Waals surface area (Å²) >= 11 is 5.88. The predicted molar refractivity (Wildman–Crippen MR) is 111 cm³/mol. The van der Waals surface area contributed by atoms with Crippen molar-refractivity contribution in [2.45, 2.75) is 48.5 Å². The summed E-state index contributed by atoms with van der Waals surface area (Å²) in [6, 6.07) is 0. The lowest BCUT2D eigenvalue weighted by molar-refractivity contribution is 0.119. The zero-order valence-electron chi connectivity index (χ0n) is 16.0. The van der Waals surface area contributed by atoms with Gasteiger partial charge in [-0.3, -0.25) is 4.21 Å². The smallest absolute Gasteiger partial charge is 0.225 e. The first-order valence-electron chi connectivity index (χ1n) is 9.96. The first kappa shape index (κ1) is 19.1. The number of anilines is 2. The monoisotopic (exact) mass is 434 g/mol. The number of nitrogens with zero attached hydrogens (tertiary/aromatic N) is 6. The summed E-state index contributed by atoms with van der Waals surface area (Å²) in [5.41, 5.74) is -0.304. The van der Waals surface area contributed by atoms with E-state index in [1.165, 1.54) is 0 Å². The minimum Gasteiger partial charge on any atom is -0.394 e. The molecule has 29 heavy (non-hydrogen) atoms. The highest BCUT2D eigenvalue weighted by atomic mass is 35.5. The van der Waals surface area contributed by atoms with Gasteiger partial charge in [0.25, 0.3) is 0 Å². The van der Waals surface area contributed by atoms with Crippen LogP contribution in [0.4, 0.5) is 11.8 Å². The molecule has 4 heterocycles. The first-order chi connectivity index (χ1) is 14.1. The van der Waals surface area contributed by atoms with Gasteiger partial charge in [-0.1, -0.05) is 11.6 Å². The van der Waals surface area contributed by atoms with Gasteiger partial charge in [0, 0.05) is 25.2 Å². The van der Waals surface area contributed by atoms with E-state index in [4.69, 9.17) is 16.6 Å². The van der Waals surface area contributed by atoms with Crippen molar-refractivity contribution < 1.29 is 9.32 Å². The second kappa shape index (κ2) is 7.45. The van der Waals surface area contributed by atoms with Gasteiger partial charge in [-0.15, -0.1) is 0 Å². The summed E-state index contributed by atoms with van der Waals surface area (Å²) in [6.45, 7) is 1.72. The fourth-order valence-electron chi connectivity index (χ4n) is 4.44. The van der Waals surface area contributed by atoms with Gasteiger partial charge in [0.15, 0.2) is 0 Å². The predicted octanol–water partition coefficient (Wildman–Crippen LogP) is 2.10. The van der Waals surface area contributed by atoms with Crippen molar-refractivity contribution >= 4 is 34.2 Å². The molecule has 1 saturated carbocycles. The van der Waals surface area contributed by atoms with Crippen molar-refractivity contribution in [1.82, 2.24) is 19.9 Å². The average molecular weight is 435 g/mol. The molecule has 154 valence electrons. The Bertz CT molecular complexity index is 925. The molecule has 1 atom stereocenters. The van der Waals surface area contributed by atoms with Crippen molar-refractivity contribution in [3.05, 3.63) is 29.4 Å². The van der Waals surface area contributed by atoms with Gasteiger partial charge < -0.3 is 14.9 Å². The minimum atomic E-state index is -1.14. The lowest BCUT2D eigenvalue weighted by Gasteiger charge is -2.47. The van der Waals surface area contributed by atoms with E-state index in [1.54, 1.807) is 18.6 Å². The third kappa shape index (κ3) is 3.29.